The quantitative estimate of drug-likeness (QED) is 0.851. The second kappa shape index (κ2) is 8.37. The van der Waals surface area contributed by atoms with E-state index in [1.807, 2.05) is 43.0 Å². The third kappa shape index (κ3) is 4.07. The van der Waals surface area contributed by atoms with Gasteiger partial charge in [-0.2, -0.15) is 0 Å². The van der Waals surface area contributed by atoms with E-state index in [0.717, 1.165) is 36.4 Å². The first-order chi connectivity index (χ1) is 12.6. The molecule has 3 rings (SSSR count). The summed E-state index contributed by atoms with van der Waals surface area (Å²) < 4.78 is 5.49. The molecule has 2 aromatic carbocycles. The standard InChI is InChI=1S/C22H28N2O2/c1-4-26-20-13-11-18(12-14-20)16(2)23-17(3)22(25)24-15-7-9-19-8-5-6-10-21(19)24/h5-6,8,10-14,16-17,23H,4,7,9,15H2,1-3H3. The Morgan fingerprint density at radius 2 is 1.88 bits per heavy atom. The molecule has 0 radical (unpaired) electrons. The van der Waals surface area contributed by atoms with Crippen LogP contribution in [0.4, 0.5) is 5.69 Å². The van der Waals surface area contributed by atoms with Gasteiger partial charge in [0.1, 0.15) is 5.75 Å². The molecule has 4 heteroatoms. The van der Waals surface area contributed by atoms with Gasteiger partial charge in [0.15, 0.2) is 0 Å². The SMILES string of the molecule is CCOc1ccc(C(C)NC(C)C(=O)N2CCCc3ccccc32)cc1. The van der Waals surface area contributed by atoms with Gasteiger partial charge in [-0.05, 0) is 62.9 Å². The fraction of sp³-hybridized carbons (Fsp3) is 0.409. The van der Waals surface area contributed by atoms with Crippen LogP contribution in [0.2, 0.25) is 0 Å². The van der Waals surface area contributed by atoms with E-state index in [1.165, 1.54) is 5.56 Å². The Hall–Kier alpha value is -2.33. The molecule has 4 nitrogen and oxygen atoms in total. The first-order valence-corrected chi connectivity index (χ1v) is 9.48. The van der Waals surface area contributed by atoms with Crippen molar-refractivity contribution < 1.29 is 9.53 Å². The molecule has 26 heavy (non-hydrogen) atoms. The largest absolute Gasteiger partial charge is 0.494 e. The molecule has 0 fully saturated rings. The van der Waals surface area contributed by atoms with Gasteiger partial charge in [0, 0.05) is 18.3 Å². The third-order valence-electron chi connectivity index (χ3n) is 4.94. The zero-order chi connectivity index (χ0) is 18.5. The molecule has 1 aliphatic rings. The normalized spacial score (nSPS) is 15.9. The number of amides is 1. The van der Waals surface area contributed by atoms with Gasteiger partial charge < -0.3 is 9.64 Å². The smallest absolute Gasteiger partial charge is 0.243 e. The lowest BCUT2D eigenvalue weighted by Gasteiger charge is -2.32. The van der Waals surface area contributed by atoms with Gasteiger partial charge in [-0.3, -0.25) is 10.1 Å². The van der Waals surface area contributed by atoms with Crippen LogP contribution in [-0.2, 0) is 11.2 Å². The van der Waals surface area contributed by atoms with E-state index in [1.54, 1.807) is 0 Å². The number of nitrogens with zero attached hydrogens (tertiary/aromatic N) is 1. The Morgan fingerprint density at radius 3 is 2.62 bits per heavy atom. The van der Waals surface area contributed by atoms with E-state index in [4.69, 9.17) is 4.74 Å². The Bertz CT molecular complexity index is 742. The zero-order valence-corrected chi connectivity index (χ0v) is 15.9. The molecule has 0 spiro atoms. The zero-order valence-electron chi connectivity index (χ0n) is 15.9. The number of hydrogen-bond donors (Lipinski definition) is 1. The molecule has 1 heterocycles. The van der Waals surface area contributed by atoms with Crippen LogP contribution < -0.4 is 15.0 Å². The summed E-state index contributed by atoms with van der Waals surface area (Å²) in [5, 5.41) is 3.44. The van der Waals surface area contributed by atoms with Crippen molar-refractivity contribution in [2.75, 3.05) is 18.1 Å². The molecule has 0 saturated heterocycles. The van der Waals surface area contributed by atoms with Crippen molar-refractivity contribution in [3.8, 4) is 5.75 Å². The van der Waals surface area contributed by atoms with E-state index in [9.17, 15) is 4.79 Å². The van der Waals surface area contributed by atoms with Crippen LogP contribution in [0.3, 0.4) is 0 Å². The summed E-state index contributed by atoms with van der Waals surface area (Å²) in [5.41, 5.74) is 3.47. The summed E-state index contributed by atoms with van der Waals surface area (Å²) >= 11 is 0. The molecule has 0 saturated carbocycles. The van der Waals surface area contributed by atoms with Gasteiger partial charge in [-0.15, -0.1) is 0 Å². The molecule has 138 valence electrons. The molecule has 2 atom stereocenters. The molecule has 0 aromatic heterocycles. The second-order valence-electron chi connectivity index (χ2n) is 6.83. The molecular weight excluding hydrogens is 324 g/mol. The molecule has 0 bridgehead atoms. The number of rotatable bonds is 6. The minimum Gasteiger partial charge on any atom is -0.494 e. The van der Waals surface area contributed by atoms with Crippen molar-refractivity contribution in [1.29, 1.82) is 0 Å². The fourth-order valence-corrected chi connectivity index (χ4v) is 3.56. The van der Waals surface area contributed by atoms with E-state index in [0.29, 0.717) is 6.61 Å². The van der Waals surface area contributed by atoms with Crippen molar-refractivity contribution >= 4 is 11.6 Å². The molecular formula is C22H28N2O2. The molecule has 2 aromatic rings. The number of benzene rings is 2. The Kier molecular flexibility index (Phi) is 5.94. The van der Waals surface area contributed by atoms with Crippen molar-refractivity contribution in [2.24, 2.45) is 0 Å². The van der Waals surface area contributed by atoms with Gasteiger partial charge in [-0.25, -0.2) is 0 Å². The maximum absolute atomic E-state index is 13.0. The van der Waals surface area contributed by atoms with Gasteiger partial charge in [0.25, 0.3) is 0 Å². The Balaban J connectivity index is 1.66. The van der Waals surface area contributed by atoms with Crippen LogP contribution in [-0.4, -0.2) is 25.1 Å². The topological polar surface area (TPSA) is 41.6 Å². The van der Waals surface area contributed by atoms with Gasteiger partial charge in [0.2, 0.25) is 5.91 Å². The summed E-state index contributed by atoms with van der Waals surface area (Å²) in [6.45, 7) is 7.47. The van der Waals surface area contributed by atoms with Crippen LogP contribution >= 0.6 is 0 Å². The summed E-state index contributed by atoms with van der Waals surface area (Å²) in [4.78, 5) is 14.9. The summed E-state index contributed by atoms with van der Waals surface area (Å²) in [7, 11) is 0. The van der Waals surface area contributed by atoms with Crippen LogP contribution in [0, 0.1) is 0 Å². The highest BCUT2D eigenvalue weighted by atomic mass is 16.5. The number of hydrogen-bond acceptors (Lipinski definition) is 3. The predicted octanol–water partition coefficient (Wildman–Crippen LogP) is 4.10. The second-order valence-corrected chi connectivity index (χ2v) is 6.83. The van der Waals surface area contributed by atoms with Crippen molar-refractivity contribution in [2.45, 2.75) is 45.7 Å². The lowest BCUT2D eigenvalue weighted by molar-refractivity contribution is -0.120. The fourth-order valence-electron chi connectivity index (χ4n) is 3.56. The highest BCUT2D eigenvalue weighted by Gasteiger charge is 2.26. The number of para-hydroxylation sites is 1. The molecule has 1 N–H and O–H groups in total. The number of nitrogens with one attached hydrogen (secondary N) is 1. The minimum atomic E-state index is -0.247. The summed E-state index contributed by atoms with van der Waals surface area (Å²) in [6.07, 6.45) is 2.06. The molecule has 1 amide bonds. The third-order valence-corrected chi connectivity index (χ3v) is 4.94. The number of carbonyl (C=O) groups excluding carboxylic acids is 1. The number of fused-ring (bicyclic) bond motifs is 1. The van der Waals surface area contributed by atoms with Crippen LogP contribution in [0.1, 0.15) is 44.4 Å². The lowest BCUT2D eigenvalue weighted by Crippen LogP contribution is -2.47. The average Bonchev–Trinajstić information content (AvgIpc) is 2.67. The van der Waals surface area contributed by atoms with Crippen molar-refractivity contribution in [3.63, 3.8) is 0 Å². The minimum absolute atomic E-state index is 0.0876. The van der Waals surface area contributed by atoms with Gasteiger partial charge in [-0.1, -0.05) is 30.3 Å². The first kappa shape index (κ1) is 18.5. The highest BCUT2D eigenvalue weighted by molar-refractivity contribution is 5.98. The predicted molar refractivity (Wildman–Crippen MR) is 106 cm³/mol. The monoisotopic (exact) mass is 352 g/mol. The maximum Gasteiger partial charge on any atom is 0.243 e. The average molecular weight is 352 g/mol. The molecule has 0 aliphatic carbocycles. The van der Waals surface area contributed by atoms with E-state index in [-0.39, 0.29) is 18.0 Å². The van der Waals surface area contributed by atoms with Crippen LogP contribution in [0.15, 0.2) is 48.5 Å². The number of anilines is 1. The number of aryl methyl sites for hydroxylation is 1. The molecule has 1 aliphatic heterocycles. The van der Waals surface area contributed by atoms with Crippen molar-refractivity contribution in [3.05, 3.63) is 59.7 Å². The van der Waals surface area contributed by atoms with Crippen LogP contribution in [0.25, 0.3) is 0 Å². The first-order valence-electron chi connectivity index (χ1n) is 9.48. The van der Waals surface area contributed by atoms with Gasteiger partial charge >= 0.3 is 0 Å². The highest BCUT2D eigenvalue weighted by Crippen LogP contribution is 2.27. The maximum atomic E-state index is 13.0. The summed E-state index contributed by atoms with van der Waals surface area (Å²) in [6, 6.07) is 16.1. The molecule has 2 unspecified atom stereocenters. The Labute approximate surface area is 156 Å². The van der Waals surface area contributed by atoms with Gasteiger partial charge in [0.05, 0.1) is 12.6 Å². The summed E-state index contributed by atoms with van der Waals surface area (Å²) in [5.74, 6) is 1.01. The van der Waals surface area contributed by atoms with E-state index in [2.05, 4.69) is 36.5 Å². The Morgan fingerprint density at radius 1 is 1.15 bits per heavy atom. The van der Waals surface area contributed by atoms with Crippen molar-refractivity contribution in [1.82, 2.24) is 5.32 Å². The van der Waals surface area contributed by atoms with E-state index < -0.39 is 0 Å². The lowest BCUT2D eigenvalue weighted by atomic mass is 10.0. The number of carbonyl (C=O) groups is 1. The van der Waals surface area contributed by atoms with E-state index >= 15 is 0 Å². The number of ether oxygens (including phenoxy) is 1. The van der Waals surface area contributed by atoms with Crippen LogP contribution in [0.5, 0.6) is 5.75 Å².